The van der Waals surface area contributed by atoms with E-state index in [2.05, 4.69) is 39.1 Å². The van der Waals surface area contributed by atoms with Crippen LogP contribution in [0.3, 0.4) is 0 Å². The van der Waals surface area contributed by atoms with Gasteiger partial charge in [-0.25, -0.2) is 0 Å². The largest absolute Gasteiger partial charge is 0.369 e. The number of fused-ring (bicyclic) bond motifs is 6. The van der Waals surface area contributed by atoms with Gasteiger partial charge < -0.3 is 10.1 Å². The minimum absolute atomic E-state index is 0.0888. The summed E-state index contributed by atoms with van der Waals surface area (Å²) in [6, 6.07) is 0.558. The first kappa shape index (κ1) is 19.8. The van der Waals surface area contributed by atoms with Crippen molar-refractivity contribution in [3.63, 3.8) is 0 Å². The third-order valence-corrected chi connectivity index (χ3v) is 12.6. The van der Waals surface area contributed by atoms with E-state index in [1.54, 1.807) is 0 Å². The third-order valence-electron chi connectivity index (χ3n) is 12.6. The molecule has 0 aromatic rings. The molecule has 0 radical (unpaired) electrons. The van der Waals surface area contributed by atoms with Crippen LogP contribution in [0.2, 0.25) is 0 Å². The predicted octanol–water partition coefficient (Wildman–Crippen LogP) is 5.29. The van der Waals surface area contributed by atoms with Crippen LogP contribution in [0, 0.1) is 45.8 Å². The summed E-state index contributed by atoms with van der Waals surface area (Å²) in [6.07, 6.45) is 13.6. The zero-order valence-electron chi connectivity index (χ0n) is 20.0. The van der Waals surface area contributed by atoms with Crippen molar-refractivity contribution in [1.82, 2.24) is 5.32 Å². The van der Waals surface area contributed by atoms with Gasteiger partial charge in [-0.2, -0.15) is 0 Å². The van der Waals surface area contributed by atoms with Gasteiger partial charge in [-0.15, -0.1) is 0 Å². The highest BCUT2D eigenvalue weighted by Crippen LogP contribution is 2.87. The van der Waals surface area contributed by atoms with Gasteiger partial charge in [0.1, 0.15) is 0 Å². The number of ether oxygens (including phenoxy) is 1. The molecule has 0 bridgehead atoms. The topological polar surface area (TPSA) is 38.3 Å². The van der Waals surface area contributed by atoms with Gasteiger partial charge in [0, 0.05) is 23.8 Å². The molecule has 7 aliphatic rings. The number of allylic oxidation sites excluding steroid dienone is 2. The Hall–Kier alpha value is -0.670. The molecule has 3 heteroatoms. The normalized spacial score (nSPS) is 61.7. The molecule has 1 N–H and O–H groups in total. The van der Waals surface area contributed by atoms with E-state index in [4.69, 9.17) is 4.74 Å². The molecule has 6 fully saturated rings. The fourth-order valence-corrected chi connectivity index (χ4v) is 11.0. The number of hydrogen-bond donors (Lipinski definition) is 1. The Morgan fingerprint density at radius 2 is 1.94 bits per heavy atom. The van der Waals surface area contributed by atoms with Gasteiger partial charge in [0.15, 0.2) is 5.78 Å². The SMILES string of the molecule is C[C@@H]1CN[C@H]2[C@@H](C)[C@@]3(CC[C@H]4C5CCC6=CC(=O)CCC6(C)[C@H]5CC45CC53C)O[C@@H]2C1. The Balaban J connectivity index is 1.24. The highest BCUT2D eigenvalue weighted by Gasteiger charge is 2.84. The van der Waals surface area contributed by atoms with Crippen LogP contribution in [0.4, 0.5) is 0 Å². The number of rotatable bonds is 0. The van der Waals surface area contributed by atoms with E-state index in [0.29, 0.717) is 34.7 Å². The average Bonchev–Trinajstić information content (AvgIpc) is 3.08. The van der Waals surface area contributed by atoms with Crippen molar-refractivity contribution in [3.05, 3.63) is 11.6 Å². The highest BCUT2D eigenvalue weighted by molar-refractivity contribution is 5.91. The van der Waals surface area contributed by atoms with Crippen LogP contribution in [0.1, 0.15) is 85.5 Å². The molecule has 0 aromatic carbocycles. The Bertz CT molecular complexity index is 880. The lowest BCUT2D eigenvalue weighted by Gasteiger charge is -2.50. The zero-order valence-corrected chi connectivity index (χ0v) is 20.0. The van der Waals surface area contributed by atoms with Crippen LogP contribution >= 0.6 is 0 Å². The molecule has 170 valence electrons. The molecule has 7 rings (SSSR count). The second kappa shape index (κ2) is 5.87. The minimum Gasteiger partial charge on any atom is -0.369 e. The van der Waals surface area contributed by atoms with Crippen molar-refractivity contribution < 1.29 is 9.53 Å². The van der Waals surface area contributed by atoms with Gasteiger partial charge in [-0.05, 0) is 98.5 Å². The maximum Gasteiger partial charge on any atom is 0.155 e. The molecule has 0 aromatic heterocycles. The van der Waals surface area contributed by atoms with Crippen LogP contribution in [0.25, 0.3) is 0 Å². The maximum absolute atomic E-state index is 12.2. The molecule has 2 spiro atoms. The summed E-state index contributed by atoms with van der Waals surface area (Å²) >= 11 is 0. The number of carbonyl (C=O) groups excluding carboxylic acids is 1. The Morgan fingerprint density at radius 3 is 2.77 bits per heavy atom. The lowest BCUT2D eigenvalue weighted by molar-refractivity contribution is -0.147. The number of piperidine rings is 1. The van der Waals surface area contributed by atoms with Crippen LogP contribution in [-0.2, 0) is 9.53 Å². The quantitative estimate of drug-likeness (QED) is 0.575. The molecular weight excluding hydrogens is 382 g/mol. The summed E-state index contributed by atoms with van der Waals surface area (Å²) in [5, 5.41) is 3.90. The molecule has 4 saturated carbocycles. The van der Waals surface area contributed by atoms with Crippen molar-refractivity contribution in [1.29, 1.82) is 0 Å². The van der Waals surface area contributed by atoms with E-state index in [1.165, 1.54) is 50.5 Å². The lowest BCUT2D eigenvalue weighted by atomic mass is 9.56. The van der Waals surface area contributed by atoms with Crippen LogP contribution in [0.15, 0.2) is 11.6 Å². The maximum atomic E-state index is 12.2. The van der Waals surface area contributed by atoms with Crippen molar-refractivity contribution in [2.24, 2.45) is 45.8 Å². The summed E-state index contributed by atoms with van der Waals surface area (Å²) in [5.74, 6) is 4.30. The Labute approximate surface area is 188 Å². The van der Waals surface area contributed by atoms with Crippen molar-refractivity contribution in [2.75, 3.05) is 6.54 Å². The molecule has 4 unspecified atom stereocenters. The van der Waals surface area contributed by atoms with E-state index >= 15 is 0 Å². The molecule has 31 heavy (non-hydrogen) atoms. The molecular formula is C28H41NO2. The van der Waals surface area contributed by atoms with Crippen molar-refractivity contribution >= 4 is 5.78 Å². The fourth-order valence-electron chi connectivity index (χ4n) is 11.0. The van der Waals surface area contributed by atoms with Crippen LogP contribution in [0.5, 0.6) is 0 Å². The number of ketones is 1. The number of hydrogen-bond acceptors (Lipinski definition) is 3. The van der Waals surface area contributed by atoms with Crippen molar-refractivity contribution in [2.45, 2.75) is 103 Å². The van der Waals surface area contributed by atoms with Gasteiger partial charge in [-0.3, -0.25) is 4.79 Å². The molecule has 2 saturated heterocycles. The fraction of sp³-hybridized carbons (Fsp3) is 0.893. The second-order valence-electron chi connectivity index (χ2n) is 13.5. The second-order valence-corrected chi connectivity index (χ2v) is 13.5. The molecule has 0 amide bonds. The standard InChI is InChI=1S/C28H41NO2/c1-16-11-23-24(29-14-16)17(2)28(31-23)10-8-21-20-6-5-18-12-19(30)7-9-25(18,3)22(20)13-27(21)15-26(27,28)4/h12,16-17,20-24,29H,5-11,13-15H2,1-4H3/t16-,17+,20?,21-,22-,23+,24-,25?,26?,27?,28+/m0/s1. The number of nitrogens with one attached hydrogen (secondary N) is 1. The first-order chi connectivity index (χ1) is 14.7. The first-order valence-corrected chi connectivity index (χ1v) is 13.4. The first-order valence-electron chi connectivity index (χ1n) is 13.4. The van der Waals surface area contributed by atoms with Crippen molar-refractivity contribution in [3.8, 4) is 0 Å². The Kier molecular flexibility index (Phi) is 3.74. The summed E-state index contributed by atoms with van der Waals surface area (Å²) in [7, 11) is 0. The molecule has 2 aliphatic heterocycles. The van der Waals surface area contributed by atoms with Gasteiger partial charge in [0.05, 0.1) is 11.7 Å². The van der Waals surface area contributed by atoms with Gasteiger partial charge >= 0.3 is 0 Å². The van der Waals surface area contributed by atoms with Crippen LogP contribution < -0.4 is 5.32 Å². The summed E-state index contributed by atoms with van der Waals surface area (Å²) in [5.41, 5.74) is 2.74. The third kappa shape index (κ3) is 2.13. The van der Waals surface area contributed by atoms with Gasteiger partial charge in [0.2, 0.25) is 0 Å². The predicted molar refractivity (Wildman–Crippen MR) is 121 cm³/mol. The zero-order chi connectivity index (χ0) is 21.4. The van der Waals surface area contributed by atoms with Crippen LogP contribution in [-0.4, -0.2) is 30.1 Å². The highest BCUT2D eigenvalue weighted by atomic mass is 16.5. The lowest BCUT2D eigenvalue weighted by Crippen LogP contribution is -2.53. The van der Waals surface area contributed by atoms with Gasteiger partial charge in [0.25, 0.3) is 0 Å². The summed E-state index contributed by atoms with van der Waals surface area (Å²) in [6.45, 7) is 11.2. The molecule has 5 aliphatic carbocycles. The Morgan fingerprint density at radius 1 is 1.10 bits per heavy atom. The van der Waals surface area contributed by atoms with E-state index in [-0.39, 0.29) is 11.0 Å². The summed E-state index contributed by atoms with van der Waals surface area (Å²) in [4.78, 5) is 12.2. The average molecular weight is 424 g/mol. The smallest absolute Gasteiger partial charge is 0.155 e. The molecule has 2 heterocycles. The summed E-state index contributed by atoms with van der Waals surface area (Å²) < 4.78 is 7.22. The monoisotopic (exact) mass is 423 g/mol. The van der Waals surface area contributed by atoms with E-state index in [0.717, 1.165) is 43.1 Å². The van der Waals surface area contributed by atoms with E-state index < -0.39 is 0 Å². The van der Waals surface area contributed by atoms with Gasteiger partial charge in [-0.1, -0.05) is 33.3 Å². The minimum atomic E-state index is 0.0888. The molecule has 3 nitrogen and oxygen atoms in total. The molecule has 11 atom stereocenters. The number of carbonyl (C=O) groups is 1. The van der Waals surface area contributed by atoms with E-state index in [1.807, 2.05) is 0 Å². The van der Waals surface area contributed by atoms with E-state index in [9.17, 15) is 4.79 Å².